The van der Waals surface area contributed by atoms with Crippen LogP contribution in [0.2, 0.25) is 5.02 Å². The van der Waals surface area contributed by atoms with E-state index in [0.717, 1.165) is 36.8 Å². The van der Waals surface area contributed by atoms with Crippen molar-refractivity contribution in [1.82, 2.24) is 10.2 Å². The lowest BCUT2D eigenvalue weighted by Crippen LogP contribution is -2.43. The van der Waals surface area contributed by atoms with Gasteiger partial charge < -0.3 is 10.2 Å². The summed E-state index contributed by atoms with van der Waals surface area (Å²) in [4.78, 5) is 26.9. The molecule has 1 N–H and O–H groups in total. The molecule has 27 heavy (non-hydrogen) atoms. The molecule has 0 aromatic heterocycles. The van der Waals surface area contributed by atoms with Gasteiger partial charge in [0.15, 0.2) is 0 Å². The van der Waals surface area contributed by atoms with Gasteiger partial charge in [0.25, 0.3) is 5.91 Å². The van der Waals surface area contributed by atoms with Crippen LogP contribution in [0.1, 0.15) is 47.2 Å². The maximum Gasteiger partial charge on any atom is 0.251 e. The maximum atomic E-state index is 13.4. The van der Waals surface area contributed by atoms with Gasteiger partial charge in [-0.2, -0.15) is 0 Å². The van der Waals surface area contributed by atoms with Gasteiger partial charge in [-0.1, -0.05) is 48.7 Å². The molecule has 0 unspecified atom stereocenters. The first kappa shape index (κ1) is 19.4. The minimum Gasteiger partial charge on any atom is -0.355 e. The second kappa shape index (κ2) is 8.13. The SMILES string of the molecule is CNC(=O)c1ccc(CN(C)C(=O)C2(c3ccc(Cl)cc3)CCCC2)cc1. The van der Waals surface area contributed by atoms with Gasteiger partial charge in [0.2, 0.25) is 5.91 Å². The Bertz CT molecular complexity index is 809. The van der Waals surface area contributed by atoms with Gasteiger partial charge in [0, 0.05) is 31.2 Å². The van der Waals surface area contributed by atoms with Gasteiger partial charge in [0.1, 0.15) is 0 Å². The number of halogens is 1. The highest BCUT2D eigenvalue weighted by molar-refractivity contribution is 6.30. The van der Waals surface area contributed by atoms with Crippen molar-refractivity contribution >= 4 is 23.4 Å². The molecular formula is C22H25ClN2O2. The Balaban J connectivity index is 1.78. The van der Waals surface area contributed by atoms with Crippen LogP contribution in [0.15, 0.2) is 48.5 Å². The zero-order valence-electron chi connectivity index (χ0n) is 15.8. The van der Waals surface area contributed by atoms with E-state index >= 15 is 0 Å². The summed E-state index contributed by atoms with van der Waals surface area (Å²) in [5, 5.41) is 3.30. The number of carbonyl (C=O) groups excluding carboxylic acids is 2. The van der Waals surface area contributed by atoms with Crippen molar-refractivity contribution < 1.29 is 9.59 Å². The van der Waals surface area contributed by atoms with Gasteiger partial charge in [-0.25, -0.2) is 0 Å². The van der Waals surface area contributed by atoms with E-state index in [4.69, 9.17) is 11.6 Å². The molecule has 0 heterocycles. The lowest BCUT2D eigenvalue weighted by Gasteiger charge is -2.33. The van der Waals surface area contributed by atoms with Crippen molar-refractivity contribution in [3.8, 4) is 0 Å². The van der Waals surface area contributed by atoms with E-state index < -0.39 is 5.41 Å². The largest absolute Gasteiger partial charge is 0.355 e. The Morgan fingerprint density at radius 3 is 2.19 bits per heavy atom. The highest BCUT2D eigenvalue weighted by Gasteiger charge is 2.44. The topological polar surface area (TPSA) is 49.4 Å². The minimum atomic E-state index is -0.457. The fourth-order valence-electron chi connectivity index (χ4n) is 3.99. The fraction of sp³-hybridized carbons (Fsp3) is 0.364. The highest BCUT2D eigenvalue weighted by Crippen LogP contribution is 2.43. The molecule has 1 fully saturated rings. The van der Waals surface area contributed by atoms with Gasteiger partial charge in [-0.3, -0.25) is 9.59 Å². The Labute approximate surface area is 165 Å². The van der Waals surface area contributed by atoms with Crippen LogP contribution in [0.5, 0.6) is 0 Å². The Morgan fingerprint density at radius 1 is 1.04 bits per heavy atom. The van der Waals surface area contributed by atoms with E-state index in [2.05, 4.69) is 5.32 Å². The smallest absolute Gasteiger partial charge is 0.251 e. The lowest BCUT2D eigenvalue weighted by molar-refractivity contribution is -0.136. The summed E-state index contributed by atoms with van der Waals surface area (Å²) in [7, 11) is 3.46. The van der Waals surface area contributed by atoms with E-state index in [1.807, 2.05) is 43.4 Å². The summed E-state index contributed by atoms with van der Waals surface area (Å²) in [6.45, 7) is 0.516. The first-order chi connectivity index (χ1) is 13.0. The molecule has 0 radical (unpaired) electrons. The predicted octanol–water partition coefficient (Wildman–Crippen LogP) is 4.17. The second-order valence-electron chi connectivity index (χ2n) is 7.23. The number of carbonyl (C=O) groups is 2. The summed E-state index contributed by atoms with van der Waals surface area (Å²) >= 11 is 6.03. The molecule has 3 rings (SSSR count). The molecule has 2 aromatic rings. The Morgan fingerprint density at radius 2 is 1.63 bits per heavy atom. The maximum absolute atomic E-state index is 13.4. The van der Waals surface area contributed by atoms with Crippen LogP contribution >= 0.6 is 11.6 Å². The number of hydrogen-bond acceptors (Lipinski definition) is 2. The molecular weight excluding hydrogens is 360 g/mol. The number of hydrogen-bond donors (Lipinski definition) is 1. The number of nitrogens with zero attached hydrogens (tertiary/aromatic N) is 1. The van der Waals surface area contributed by atoms with Crippen LogP contribution in [-0.4, -0.2) is 30.8 Å². The minimum absolute atomic E-state index is 0.112. The van der Waals surface area contributed by atoms with Crippen molar-refractivity contribution in [1.29, 1.82) is 0 Å². The van der Waals surface area contributed by atoms with Crippen molar-refractivity contribution in [2.75, 3.05) is 14.1 Å². The van der Waals surface area contributed by atoms with Crippen molar-refractivity contribution in [2.45, 2.75) is 37.6 Å². The summed E-state index contributed by atoms with van der Waals surface area (Å²) in [5.41, 5.74) is 2.21. The number of amides is 2. The van der Waals surface area contributed by atoms with E-state index in [-0.39, 0.29) is 11.8 Å². The molecule has 0 saturated heterocycles. The average Bonchev–Trinajstić information content (AvgIpc) is 3.19. The standard InChI is InChI=1S/C22H25ClN2O2/c1-24-20(26)17-7-5-16(6-8-17)15-25(2)21(27)22(13-3-4-14-22)18-9-11-19(23)12-10-18/h5-12H,3-4,13-15H2,1-2H3,(H,24,26). The van der Waals surface area contributed by atoms with E-state index in [9.17, 15) is 9.59 Å². The summed E-state index contributed by atoms with van der Waals surface area (Å²) in [6.07, 6.45) is 3.85. The molecule has 1 aliphatic rings. The quantitative estimate of drug-likeness (QED) is 0.841. The summed E-state index contributed by atoms with van der Waals surface area (Å²) in [5.74, 6) is 0.0383. The number of nitrogens with one attached hydrogen (secondary N) is 1. The zero-order chi connectivity index (χ0) is 19.4. The molecule has 4 nitrogen and oxygen atoms in total. The van der Waals surface area contributed by atoms with Crippen molar-refractivity contribution in [2.24, 2.45) is 0 Å². The molecule has 2 amide bonds. The predicted molar refractivity (Wildman–Crippen MR) is 108 cm³/mol. The monoisotopic (exact) mass is 384 g/mol. The van der Waals surface area contributed by atoms with Crippen LogP contribution in [0.3, 0.4) is 0 Å². The van der Waals surface area contributed by atoms with Crippen molar-refractivity contribution in [3.63, 3.8) is 0 Å². The Hall–Kier alpha value is -2.33. The van der Waals surface area contributed by atoms with Crippen molar-refractivity contribution in [3.05, 3.63) is 70.2 Å². The molecule has 0 aliphatic heterocycles. The molecule has 0 atom stereocenters. The van der Waals surface area contributed by atoms with Crippen LogP contribution < -0.4 is 5.32 Å². The third-order valence-corrected chi connectivity index (χ3v) is 5.72. The molecule has 2 aromatic carbocycles. The molecule has 0 bridgehead atoms. The number of rotatable bonds is 5. The van der Waals surface area contributed by atoms with Crippen LogP contribution in [0.25, 0.3) is 0 Å². The lowest BCUT2D eigenvalue weighted by atomic mass is 9.77. The van der Waals surface area contributed by atoms with Crippen LogP contribution in [0, 0.1) is 0 Å². The molecule has 142 valence electrons. The normalized spacial score (nSPS) is 15.4. The van der Waals surface area contributed by atoms with Crippen LogP contribution in [-0.2, 0) is 16.8 Å². The van der Waals surface area contributed by atoms with E-state index in [0.29, 0.717) is 17.1 Å². The Kier molecular flexibility index (Phi) is 5.85. The molecule has 1 aliphatic carbocycles. The number of benzene rings is 2. The van der Waals surface area contributed by atoms with Gasteiger partial charge in [0.05, 0.1) is 5.41 Å². The van der Waals surface area contributed by atoms with Gasteiger partial charge in [-0.15, -0.1) is 0 Å². The fourth-order valence-corrected chi connectivity index (χ4v) is 4.12. The first-order valence-electron chi connectivity index (χ1n) is 9.29. The average molecular weight is 385 g/mol. The summed E-state index contributed by atoms with van der Waals surface area (Å²) in [6, 6.07) is 15.1. The van der Waals surface area contributed by atoms with Gasteiger partial charge >= 0.3 is 0 Å². The zero-order valence-corrected chi connectivity index (χ0v) is 16.6. The first-order valence-corrected chi connectivity index (χ1v) is 9.67. The third-order valence-electron chi connectivity index (χ3n) is 5.47. The van der Waals surface area contributed by atoms with Gasteiger partial charge in [-0.05, 0) is 48.2 Å². The third kappa shape index (κ3) is 4.01. The molecule has 5 heteroatoms. The molecule has 0 spiro atoms. The number of likely N-dealkylation sites (N-methyl/N-ethyl adjacent to an activating group) is 1. The second-order valence-corrected chi connectivity index (χ2v) is 7.67. The highest BCUT2D eigenvalue weighted by atomic mass is 35.5. The molecule has 1 saturated carbocycles. The van der Waals surface area contributed by atoms with E-state index in [1.54, 1.807) is 24.1 Å². The summed E-state index contributed by atoms with van der Waals surface area (Å²) < 4.78 is 0. The van der Waals surface area contributed by atoms with E-state index in [1.165, 1.54) is 0 Å². The van der Waals surface area contributed by atoms with Crippen LogP contribution in [0.4, 0.5) is 0 Å².